The molecule has 0 atom stereocenters. The maximum atomic E-state index is 12.8. The van der Waals surface area contributed by atoms with Gasteiger partial charge in [0.05, 0.1) is 11.2 Å². The number of nitrogens with zero attached hydrogens (tertiary/aromatic N) is 3. The normalized spacial score (nSPS) is 11.7. The monoisotopic (exact) mass is 330 g/mol. The summed E-state index contributed by atoms with van der Waals surface area (Å²) >= 11 is 1.59. The molecule has 4 nitrogen and oxygen atoms in total. The molecule has 0 radical (unpaired) electrons. The van der Waals surface area contributed by atoms with Crippen molar-refractivity contribution in [2.24, 2.45) is 0 Å². The third-order valence-electron chi connectivity index (χ3n) is 3.71. The number of hydrogen-bond acceptors (Lipinski definition) is 4. The summed E-state index contributed by atoms with van der Waals surface area (Å²) < 4.78 is 27.7. The Bertz CT molecular complexity index is 1010. The average Bonchev–Trinajstić information content (AvgIpc) is 3.12. The molecule has 0 saturated carbocycles. The Balaban J connectivity index is 1.81. The lowest BCUT2D eigenvalue weighted by Gasteiger charge is -2.08. The van der Waals surface area contributed by atoms with Gasteiger partial charge in [0.25, 0.3) is 6.43 Å². The van der Waals surface area contributed by atoms with E-state index in [1.807, 2.05) is 29.0 Å². The highest BCUT2D eigenvalue weighted by atomic mass is 32.1. The highest BCUT2D eigenvalue weighted by Crippen LogP contribution is 2.31. The van der Waals surface area contributed by atoms with E-state index in [9.17, 15) is 8.78 Å². The molecule has 7 heteroatoms. The molecule has 0 bridgehead atoms. The first-order chi connectivity index (χ1) is 11.1. The van der Waals surface area contributed by atoms with E-state index >= 15 is 0 Å². The van der Waals surface area contributed by atoms with Crippen LogP contribution < -0.4 is 5.32 Å². The Hall–Kier alpha value is -2.54. The lowest BCUT2D eigenvalue weighted by atomic mass is 10.1. The number of pyridine rings is 1. The predicted molar refractivity (Wildman–Crippen MR) is 87.8 cm³/mol. The number of imidazole rings is 1. The molecular formula is C16H12F2N4S. The fraction of sp³-hybridized carbons (Fsp3) is 0.125. The van der Waals surface area contributed by atoms with Crippen molar-refractivity contribution >= 4 is 38.6 Å². The molecule has 3 heterocycles. The zero-order valence-electron chi connectivity index (χ0n) is 12.1. The highest BCUT2D eigenvalue weighted by molar-refractivity contribution is 7.16. The second-order valence-electron chi connectivity index (χ2n) is 5.15. The quantitative estimate of drug-likeness (QED) is 0.579. The molecule has 0 unspecified atom stereocenters. The van der Waals surface area contributed by atoms with Crippen LogP contribution in [0.2, 0.25) is 0 Å². The van der Waals surface area contributed by atoms with Crippen LogP contribution in [-0.2, 0) is 0 Å². The number of halogens is 2. The number of nitrogens with one attached hydrogen (secondary N) is 1. The summed E-state index contributed by atoms with van der Waals surface area (Å²) in [5, 5.41) is 6.08. The fourth-order valence-electron chi connectivity index (χ4n) is 2.59. The van der Waals surface area contributed by atoms with Crippen molar-refractivity contribution in [2.75, 3.05) is 5.32 Å². The van der Waals surface area contributed by atoms with Crippen LogP contribution in [0.1, 0.15) is 17.8 Å². The van der Waals surface area contributed by atoms with E-state index in [-0.39, 0.29) is 5.56 Å². The van der Waals surface area contributed by atoms with Gasteiger partial charge < -0.3 is 5.32 Å². The van der Waals surface area contributed by atoms with Gasteiger partial charge in [0, 0.05) is 28.7 Å². The Morgan fingerprint density at radius 2 is 2.13 bits per heavy atom. The number of fused-ring (bicyclic) bond motifs is 2. The van der Waals surface area contributed by atoms with Gasteiger partial charge in [-0.15, -0.1) is 11.3 Å². The summed E-state index contributed by atoms with van der Waals surface area (Å²) in [6.07, 6.45) is 1.07. The molecule has 4 rings (SSSR count). The van der Waals surface area contributed by atoms with Crippen LogP contribution >= 0.6 is 11.3 Å². The smallest absolute Gasteiger partial charge is 0.263 e. The zero-order valence-corrected chi connectivity index (χ0v) is 12.9. The molecule has 0 aliphatic carbocycles. The summed E-state index contributed by atoms with van der Waals surface area (Å²) in [5.74, 6) is 1.64. The van der Waals surface area contributed by atoms with Crippen LogP contribution in [0.3, 0.4) is 0 Å². The number of aromatic nitrogens is 3. The van der Waals surface area contributed by atoms with E-state index < -0.39 is 6.43 Å². The molecule has 23 heavy (non-hydrogen) atoms. The molecule has 0 fully saturated rings. The van der Waals surface area contributed by atoms with Crippen molar-refractivity contribution in [1.82, 2.24) is 14.4 Å². The number of alkyl halides is 2. The second-order valence-corrected chi connectivity index (χ2v) is 6.04. The number of aryl methyl sites for hydroxylation is 1. The van der Waals surface area contributed by atoms with E-state index in [0.29, 0.717) is 5.52 Å². The van der Waals surface area contributed by atoms with E-state index in [0.717, 1.165) is 27.5 Å². The van der Waals surface area contributed by atoms with Crippen LogP contribution in [0.5, 0.6) is 0 Å². The third-order valence-corrected chi connectivity index (χ3v) is 4.58. The Morgan fingerprint density at radius 3 is 2.96 bits per heavy atom. The van der Waals surface area contributed by atoms with Crippen molar-refractivity contribution < 1.29 is 8.78 Å². The molecule has 0 aliphatic heterocycles. The van der Waals surface area contributed by atoms with Gasteiger partial charge in [-0.05, 0) is 19.1 Å². The molecule has 0 saturated heterocycles. The van der Waals surface area contributed by atoms with Crippen molar-refractivity contribution in [3.8, 4) is 0 Å². The first-order valence-corrected chi connectivity index (χ1v) is 7.87. The zero-order chi connectivity index (χ0) is 16.0. The second kappa shape index (κ2) is 5.27. The number of hydrogen-bond donors (Lipinski definition) is 1. The Labute approximate surface area is 134 Å². The van der Waals surface area contributed by atoms with E-state index in [2.05, 4.69) is 15.3 Å². The van der Waals surface area contributed by atoms with Crippen molar-refractivity contribution in [2.45, 2.75) is 13.3 Å². The van der Waals surface area contributed by atoms with Crippen molar-refractivity contribution in [3.05, 3.63) is 53.4 Å². The minimum atomic E-state index is -2.50. The minimum Gasteiger partial charge on any atom is -0.337 e. The molecule has 0 aliphatic rings. The van der Waals surface area contributed by atoms with Gasteiger partial charge in [0.2, 0.25) is 0 Å². The van der Waals surface area contributed by atoms with Gasteiger partial charge in [0.15, 0.2) is 5.82 Å². The van der Waals surface area contributed by atoms with Crippen LogP contribution in [0.4, 0.5) is 20.3 Å². The molecule has 0 amide bonds. The maximum absolute atomic E-state index is 12.8. The largest absolute Gasteiger partial charge is 0.337 e. The number of thiazole rings is 1. The minimum absolute atomic E-state index is 0.0272. The number of benzene rings is 1. The fourth-order valence-corrected chi connectivity index (χ4v) is 3.41. The average molecular weight is 330 g/mol. The van der Waals surface area contributed by atoms with Crippen molar-refractivity contribution in [3.63, 3.8) is 0 Å². The van der Waals surface area contributed by atoms with E-state index in [1.54, 1.807) is 23.6 Å². The first-order valence-electron chi connectivity index (χ1n) is 6.99. The van der Waals surface area contributed by atoms with Gasteiger partial charge in [0.1, 0.15) is 10.7 Å². The maximum Gasteiger partial charge on any atom is 0.263 e. The van der Waals surface area contributed by atoms with Gasteiger partial charge in [-0.2, -0.15) is 0 Å². The summed E-state index contributed by atoms with van der Waals surface area (Å²) in [6.45, 7) is 1.93. The predicted octanol–water partition coefficient (Wildman–Crippen LogP) is 4.93. The van der Waals surface area contributed by atoms with Gasteiger partial charge >= 0.3 is 0 Å². The highest BCUT2D eigenvalue weighted by Gasteiger charge is 2.13. The third kappa shape index (κ3) is 2.33. The summed E-state index contributed by atoms with van der Waals surface area (Å²) in [4.78, 5) is 9.72. The summed E-state index contributed by atoms with van der Waals surface area (Å²) in [6, 6.07) is 6.34. The molecule has 1 N–H and O–H groups in total. The lowest BCUT2D eigenvalue weighted by molar-refractivity contribution is 0.151. The van der Waals surface area contributed by atoms with Crippen molar-refractivity contribution in [1.29, 1.82) is 0 Å². The molecule has 4 aromatic rings. The summed E-state index contributed by atoms with van der Waals surface area (Å²) in [5.41, 5.74) is 1.30. The molecular weight excluding hydrogens is 318 g/mol. The van der Waals surface area contributed by atoms with Gasteiger partial charge in [-0.1, -0.05) is 12.1 Å². The van der Waals surface area contributed by atoms with E-state index in [4.69, 9.17) is 0 Å². The summed E-state index contributed by atoms with van der Waals surface area (Å²) in [7, 11) is 0. The SMILES string of the molecule is Cc1nc(Nc2ccnc3cc(C(F)F)ccc23)c2sccn12. The van der Waals surface area contributed by atoms with Gasteiger partial charge in [-0.3, -0.25) is 9.38 Å². The number of anilines is 2. The molecule has 3 aromatic heterocycles. The molecule has 116 valence electrons. The Kier molecular flexibility index (Phi) is 3.23. The van der Waals surface area contributed by atoms with Crippen LogP contribution in [0, 0.1) is 6.92 Å². The molecule has 1 aromatic carbocycles. The van der Waals surface area contributed by atoms with Crippen LogP contribution in [-0.4, -0.2) is 14.4 Å². The van der Waals surface area contributed by atoms with Gasteiger partial charge in [-0.25, -0.2) is 13.8 Å². The van der Waals surface area contributed by atoms with E-state index in [1.165, 1.54) is 12.1 Å². The molecule has 0 spiro atoms. The Morgan fingerprint density at radius 1 is 1.26 bits per heavy atom. The standard InChI is InChI=1S/C16H12F2N4S/c1-9-20-15(16-22(9)6-7-23-16)21-12-4-5-19-13-8-10(14(17)18)2-3-11(12)13/h2-8,14H,1H3,(H,19,21). The topological polar surface area (TPSA) is 42.2 Å². The van der Waals surface area contributed by atoms with Crippen LogP contribution in [0.15, 0.2) is 42.0 Å². The van der Waals surface area contributed by atoms with Crippen LogP contribution in [0.25, 0.3) is 15.7 Å². The lowest BCUT2D eigenvalue weighted by Crippen LogP contribution is -1.94. The number of rotatable bonds is 3. The first kappa shape index (κ1) is 14.1.